The zero-order chi connectivity index (χ0) is 13.5. The molecule has 5 N–H and O–H groups in total. The van der Waals surface area contributed by atoms with Crippen LogP contribution < -0.4 is 11.1 Å². The highest BCUT2D eigenvalue weighted by atomic mass is 16.4. The molecule has 0 saturated heterocycles. The average Bonchev–Trinajstić information content (AvgIpc) is 2.85. The first-order valence-electron chi connectivity index (χ1n) is 5.77. The molecule has 0 aliphatic heterocycles. The Labute approximate surface area is 105 Å². The third-order valence-electron chi connectivity index (χ3n) is 2.68. The van der Waals surface area contributed by atoms with Gasteiger partial charge in [-0.1, -0.05) is 6.92 Å². The van der Waals surface area contributed by atoms with Gasteiger partial charge in [0.25, 0.3) is 0 Å². The second-order valence-electron chi connectivity index (χ2n) is 4.06. The smallest absolute Gasteiger partial charge is 0.326 e. The lowest BCUT2D eigenvalue weighted by Gasteiger charge is -2.19. The summed E-state index contributed by atoms with van der Waals surface area (Å²) in [6.07, 6.45) is 3.86. The van der Waals surface area contributed by atoms with Crippen LogP contribution in [0.25, 0.3) is 0 Å². The van der Waals surface area contributed by atoms with Gasteiger partial charge in [-0.2, -0.15) is 0 Å². The highest BCUT2D eigenvalue weighted by Gasteiger charge is 2.28. The van der Waals surface area contributed by atoms with E-state index < -0.39 is 17.9 Å². The number of imidazole rings is 1. The number of hydrogen-bond acceptors (Lipinski definition) is 4. The van der Waals surface area contributed by atoms with E-state index in [0.29, 0.717) is 18.7 Å². The number of nitrogens with zero attached hydrogens (tertiary/aromatic N) is 1. The van der Waals surface area contributed by atoms with Crippen molar-refractivity contribution in [2.24, 2.45) is 5.73 Å². The van der Waals surface area contributed by atoms with Gasteiger partial charge < -0.3 is 21.1 Å². The molecule has 2 atom stereocenters. The number of nitrogens with one attached hydrogen (secondary N) is 2. The molecular weight excluding hydrogens is 236 g/mol. The fourth-order valence-corrected chi connectivity index (χ4v) is 1.60. The Balaban J connectivity index is 2.65. The highest BCUT2D eigenvalue weighted by Crippen LogP contribution is 2.16. The fraction of sp³-hybridized carbons (Fsp3) is 0.545. The van der Waals surface area contributed by atoms with E-state index in [-0.39, 0.29) is 12.3 Å². The van der Waals surface area contributed by atoms with E-state index in [1.165, 1.54) is 6.33 Å². The van der Waals surface area contributed by atoms with Gasteiger partial charge in [-0.15, -0.1) is 0 Å². The second kappa shape index (κ2) is 6.75. The molecule has 1 aromatic heterocycles. The molecule has 1 heterocycles. The molecular formula is C11H18N4O3. The van der Waals surface area contributed by atoms with Crippen LogP contribution in [0.5, 0.6) is 0 Å². The summed E-state index contributed by atoms with van der Waals surface area (Å²) in [4.78, 5) is 29.5. The van der Waals surface area contributed by atoms with Crippen molar-refractivity contribution in [3.05, 3.63) is 18.2 Å². The molecule has 0 bridgehead atoms. The third-order valence-corrected chi connectivity index (χ3v) is 2.68. The summed E-state index contributed by atoms with van der Waals surface area (Å²) < 4.78 is 0. The summed E-state index contributed by atoms with van der Waals surface area (Å²) in [5.74, 6) is -1.79. The van der Waals surface area contributed by atoms with Gasteiger partial charge in [-0.25, -0.2) is 9.78 Å². The quantitative estimate of drug-likeness (QED) is 0.538. The summed E-state index contributed by atoms with van der Waals surface area (Å²) in [6, 6.07) is -0.987. The normalized spacial score (nSPS) is 13.9. The second-order valence-corrected chi connectivity index (χ2v) is 4.06. The average molecular weight is 254 g/mol. The van der Waals surface area contributed by atoms with Gasteiger partial charge in [-0.05, 0) is 13.0 Å². The number of amides is 1. The molecule has 1 rings (SSSR count). The zero-order valence-electron chi connectivity index (χ0n) is 10.2. The van der Waals surface area contributed by atoms with E-state index in [4.69, 9.17) is 10.8 Å². The van der Waals surface area contributed by atoms with Crippen LogP contribution in [0.1, 0.15) is 31.4 Å². The maximum absolute atomic E-state index is 11.5. The van der Waals surface area contributed by atoms with Crippen molar-refractivity contribution in [3.63, 3.8) is 0 Å². The Hall–Kier alpha value is -1.89. The number of aromatic amines is 1. The van der Waals surface area contributed by atoms with Crippen LogP contribution in [0.3, 0.4) is 0 Å². The lowest BCUT2D eigenvalue weighted by Crippen LogP contribution is -2.44. The first-order valence-corrected chi connectivity index (χ1v) is 5.77. The summed E-state index contributed by atoms with van der Waals surface area (Å²) in [5, 5.41) is 11.6. The fourth-order valence-electron chi connectivity index (χ4n) is 1.60. The number of carboxylic acid groups (broad SMARTS) is 1. The maximum atomic E-state index is 11.5. The Morgan fingerprint density at radius 1 is 1.61 bits per heavy atom. The lowest BCUT2D eigenvalue weighted by atomic mass is 9.98. The summed E-state index contributed by atoms with van der Waals surface area (Å²) in [6.45, 7) is 2.11. The van der Waals surface area contributed by atoms with Crippen molar-refractivity contribution < 1.29 is 14.7 Å². The van der Waals surface area contributed by atoms with Crippen LogP contribution in [0.15, 0.2) is 12.5 Å². The van der Waals surface area contributed by atoms with E-state index in [2.05, 4.69) is 15.3 Å². The number of nitrogens with two attached hydrogens (primary N) is 1. The zero-order valence-corrected chi connectivity index (χ0v) is 10.2. The molecule has 0 saturated carbocycles. The number of aliphatic carboxylic acids is 1. The predicted octanol–water partition coefficient (Wildman–Crippen LogP) is -0.178. The topological polar surface area (TPSA) is 121 Å². The molecule has 1 aromatic rings. The highest BCUT2D eigenvalue weighted by molar-refractivity contribution is 5.84. The van der Waals surface area contributed by atoms with Crippen LogP contribution >= 0.6 is 0 Å². The van der Waals surface area contributed by atoms with Gasteiger partial charge in [0.2, 0.25) is 5.91 Å². The number of hydrogen-bond donors (Lipinski definition) is 4. The molecule has 1 unspecified atom stereocenters. The van der Waals surface area contributed by atoms with Gasteiger partial charge in [-0.3, -0.25) is 4.79 Å². The molecule has 7 nitrogen and oxygen atoms in total. The van der Waals surface area contributed by atoms with Crippen LogP contribution in [-0.2, 0) is 9.59 Å². The van der Waals surface area contributed by atoms with E-state index in [1.54, 1.807) is 13.1 Å². The minimum atomic E-state index is -1.08. The van der Waals surface area contributed by atoms with Crippen LogP contribution in [-0.4, -0.2) is 39.5 Å². The van der Waals surface area contributed by atoms with Crippen molar-refractivity contribution in [2.75, 3.05) is 6.54 Å². The van der Waals surface area contributed by atoms with Crippen LogP contribution in [0.4, 0.5) is 0 Å². The predicted molar refractivity (Wildman–Crippen MR) is 64.9 cm³/mol. The van der Waals surface area contributed by atoms with Crippen molar-refractivity contribution in [2.45, 2.75) is 31.7 Å². The summed E-state index contributed by atoms with van der Waals surface area (Å²) in [5.41, 5.74) is 5.89. The summed E-state index contributed by atoms with van der Waals surface area (Å²) >= 11 is 0. The van der Waals surface area contributed by atoms with E-state index in [1.807, 2.05) is 0 Å². The molecule has 7 heteroatoms. The number of carbonyl (C=O) groups is 2. The Bertz CT molecular complexity index is 391. The number of H-pyrrole nitrogens is 1. The number of aromatic nitrogens is 2. The maximum Gasteiger partial charge on any atom is 0.326 e. The summed E-state index contributed by atoms with van der Waals surface area (Å²) in [7, 11) is 0. The molecule has 1 amide bonds. The standard InChI is InChI=1S/C11H18N4O3/c1-7(8-5-13-6-14-8)10(11(17)18)15-9(16)3-2-4-12/h5-7,10H,2-4,12H2,1H3,(H,13,14)(H,15,16)(H,17,18)/t7?,10-/m1/s1. The van der Waals surface area contributed by atoms with Crippen molar-refractivity contribution in [1.82, 2.24) is 15.3 Å². The molecule has 0 fully saturated rings. The molecule has 0 radical (unpaired) electrons. The minimum Gasteiger partial charge on any atom is -0.480 e. The van der Waals surface area contributed by atoms with E-state index in [0.717, 1.165) is 0 Å². The first-order chi connectivity index (χ1) is 8.56. The molecule has 18 heavy (non-hydrogen) atoms. The minimum absolute atomic E-state index is 0.230. The van der Waals surface area contributed by atoms with E-state index in [9.17, 15) is 9.59 Å². The van der Waals surface area contributed by atoms with Crippen LogP contribution in [0.2, 0.25) is 0 Å². The monoisotopic (exact) mass is 254 g/mol. The van der Waals surface area contributed by atoms with Gasteiger partial charge >= 0.3 is 5.97 Å². The van der Waals surface area contributed by atoms with Crippen LogP contribution in [0, 0.1) is 0 Å². The van der Waals surface area contributed by atoms with Gasteiger partial charge in [0, 0.05) is 18.5 Å². The molecule has 0 aromatic carbocycles. The van der Waals surface area contributed by atoms with Gasteiger partial charge in [0.15, 0.2) is 0 Å². The van der Waals surface area contributed by atoms with Gasteiger partial charge in [0.05, 0.1) is 12.0 Å². The molecule has 0 aliphatic carbocycles. The lowest BCUT2D eigenvalue weighted by molar-refractivity contribution is -0.142. The van der Waals surface area contributed by atoms with Crippen molar-refractivity contribution in [1.29, 1.82) is 0 Å². The third kappa shape index (κ3) is 3.85. The number of carbonyl (C=O) groups excluding carboxylic acids is 1. The van der Waals surface area contributed by atoms with Crippen molar-refractivity contribution >= 4 is 11.9 Å². The Kier molecular flexibility index (Phi) is 5.31. The molecule has 100 valence electrons. The van der Waals surface area contributed by atoms with Gasteiger partial charge in [0.1, 0.15) is 6.04 Å². The Morgan fingerprint density at radius 2 is 2.33 bits per heavy atom. The molecule has 0 aliphatic rings. The number of rotatable bonds is 7. The number of carboxylic acids is 1. The van der Waals surface area contributed by atoms with E-state index >= 15 is 0 Å². The van der Waals surface area contributed by atoms with Crippen molar-refractivity contribution in [3.8, 4) is 0 Å². The Morgan fingerprint density at radius 3 is 2.83 bits per heavy atom. The molecule has 0 spiro atoms. The SMILES string of the molecule is CC(c1c[nH]cn1)[C@@H](NC(=O)CCCN)C(=O)O. The largest absolute Gasteiger partial charge is 0.480 e. The first kappa shape index (κ1) is 14.2.